The molecule has 0 bridgehead atoms. The maximum absolute atomic E-state index is 5.50. The average molecular weight is 306 g/mol. The Kier molecular flexibility index (Phi) is 2.81. The van der Waals surface area contributed by atoms with Crippen LogP contribution in [0.15, 0.2) is 77.7 Å². The SMILES string of the molecule is [Cl-].c1ccc2c[n+]3ccc4cc5occc5cc4c3cc2c1. The Morgan fingerprint density at radius 1 is 0.773 bits per heavy atom. The number of pyridine rings is 2. The van der Waals surface area contributed by atoms with Crippen molar-refractivity contribution in [3.05, 3.63) is 73.3 Å². The molecule has 5 rings (SSSR count). The van der Waals surface area contributed by atoms with Crippen molar-refractivity contribution in [3.63, 3.8) is 0 Å². The van der Waals surface area contributed by atoms with Gasteiger partial charge in [-0.05, 0) is 35.0 Å². The minimum Gasteiger partial charge on any atom is -1.00 e. The van der Waals surface area contributed by atoms with Crippen LogP contribution in [-0.4, -0.2) is 0 Å². The first kappa shape index (κ1) is 13.1. The van der Waals surface area contributed by atoms with E-state index in [4.69, 9.17) is 4.42 Å². The number of benzene rings is 2. The van der Waals surface area contributed by atoms with Crippen LogP contribution in [0, 0.1) is 0 Å². The summed E-state index contributed by atoms with van der Waals surface area (Å²) in [4.78, 5) is 0. The normalized spacial score (nSPS) is 11.3. The Morgan fingerprint density at radius 2 is 1.64 bits per heavy atom. The molecular formula is C19H12ClNO. The molecule has 3 heteroatoms. The number of rotatable bonds is 0. The van der Waals surface area contributed by atoms with Gasteiger partial charge in [-0.2, -0.15) is 4.40 Å². The highest BCUT2D eigenvalue weighted by molar-refractivity contribution is 6.03. The maximum Gasteiger partial charge on any atom is 0.219 e. The highest BCUT2D eigenvalue weighted by atomic mass is 35.5. The molecule has 0 N–H and O–H groups in total. The van der Waals surface area contributed by atoms with E-state index in [-0.39, 0.29) is 12.4 Å². The van der Waals surface area contributed by atoms with Crippen molar-refractivity contribution in [2.75, 3.05) is 0 Å². The van der Waals surface area contributed by atoms with Gasteiger partial charge in [0.1, 0.15) is 5.58 Å². The summed E-state index contributed by atoms with van der Waals surface area (Å²) in [5.74, 6) is 0. The summed E-state index contributed by atoms with van der Waals surface area (Å²) in [5, 5.41) is 6.10. The monoisotopic (exact) mass is 305 g/mol. The minimum absolute atomic E-state index is 0. The maximum atomic E-state index is 5.50. The summed E-state index contributed by atoms with van der Waals surface area (Å²) in [6.07, 6.45) is 6.04. The van der Waals surface area contributed by atoms with Gasteiger partial charge in [0, 0.05) is 22.9 Å². The summed E-state index contributed by atoms with van der Waals surface area (Å²) in [6.45, 7) is 0. The highest BCUT2D eigenvalue weighted by Crippen LogP contribution is 2.26. The molecule has 3 heterocycles. The largest absolute Gasteiger partial charge is 1.00 e. The second-order valence-electron chi connectivity index (χ2n) is 5.41. The van der Waals surface area contributed by atoms with Crippen LogP contribution >= 0.6 is 0 Å². The first-order valence-electron chi connectivity index (χ1n) is 7.02. The van der Waals surface area contributed by atoms with Crippen molar-refractivity contribution in [3.8, 4) is 0 Å². The average Bonchev–Trinajstić information content (AvgIpc) is 2.98. The van der Waals surface area contributed by atoms with E-state index in [2.05, 4.69) is 65.3 Å². The summed E-state index contributed by atoms with van der Waals surface area (Å²) < 4.78 is 7.69. The molecule has 0 unspecified atom stereocenters. The second-order valence-corrected chi connectivity index (χ2v) is 5.41. The first-order valence-corrected chi connectivity index (χ1v) is 7.02. The molecule has 3 aromatic heterocycles. The lowest BCUT2D eigenvalue weighted by Crippen LogP contribution is -3.00. The lowest BCUT2D eigenvalue weighted by atomic mass is 10.1. The lowest BCUT2D eigenvalue weighted by Gasteiger charge is -2.01. The van der Waals surface area contributed by atoms with Crippen LogP contribution in [0.4, 0.5) is 0 Å². The Morgan fingerprint density at radius 3 is 2.55 bits per heavy atom. The smallest absolute Gasteiger partial charge is 0.219 e. The predicted molar refractivity (Wildman–Crippen MR) is 84.4 cm³/mol. The molecule has 0 aliphatic carbocycles. The molecule has 0 saturated heterocycles. The summed E-state index contributed by atoms with van der Waals surface area (Å²) in [7, 11) is 0. The van der Waals surface area contributed by atoms with Gasteiger partial charge in [0.05, 0.1) is 11.6 Å². The number of hydrogen-bond donors (Lipinski definition) is 0. The van der Waals surface area contributed by atoms with Crippen molar-refractivity contribution in [2.24, 2.45) is 0 Å². The Bertz CT molecular complexity index is 1140. The molecular weight excluding hydrogens is 294 g/mol. The van der Waals surface area contributed by atoms with Crippen molar-refractivity contribution in [1.82, 2.24) is 0 Å². The van der Waals surface area contributed by atoms with Crippen molar-refractivity contribution < 1.29 is 21.2 Å². The van der Waals surface area contributed by atoms with E-state index in [1.54, 1.807) is 6.26 Å². The predicted octanol–water partition coefficient (Wildman–Crippen LogP) is 1.48. The van der Waals surface area contributed by atoms with E-state index in [0.29, 0.717) is 0 Å². The van der Waals surface area contributed by atoms with Crippen molar-refractivity contribution >= 4 is 38.0 Å². The molecule has 2 nitrogen and oxygen atoms in total. The van der Waals surface area contributed by atoms with Crippen LogP contribution in [0.2, 0.25) is 0 Å². The molecule has 0 atom stereocenters. The van der Waals surface area contributed by atoms with Crippen LogP contribution < -0.4 is 16.8 Å². The van der Waals surface area contributed by atoms with Gasteiger partial charge >= 0.3 is 0 Å². The fraction of sp³-hybridized carbons (Fsp3) is 0. The van der Waals surface area contributed by atoms with E-state index in [0.717, 1.165) is 11.0 Å². The molecule has 2 aromatic carbocycles. The summed E-state index contributed by atoms with van der Waals surface area (Å²) >= 11 is 0. The van der Waals surface area contributed by atoms with Gasteiger partial charge in [-0.1, -0.05) is 18.2 Å². The zero-order valence-corrected chi connectivity index (χ0v) is 12.4. The molecule has 0 amide bonds. The first-order chi connectivity index (χ1) is 10.4. The van der Waals surface area contributed by atoms with E-state index >= 15 is 0 Å². The third-order valence-electron chi connectivity index (χ3n) is 4.16. The fourth-order valence-corrected chi connectivity index (χ4v) is 3.09. The van der Waals surface area contributed by atoms with Crippen molar-refractivity contribution in [1.29, 1.82) is 0 Å². The lowest BCUT2D eigenvalue weighted by molar-refractivity contribution is -0.509. The zero-order chi connectivity index (χ0) is 13.8. The Labute approximate surface area is 133 Å². The molecule has 0 saturated carbocycles. The summed E-state index contributed by atoms with van der Waals surface area (Å²) in [5.41, 5.74) is 2.15. The number of nitrogens with zero attached hydrogens (tertiary/aromatic N) is 1. The minimum atomic E-state index is 0. The molecule has 0 aliphatic rings. The van der Waals surface area contributed by atoms with Gasteiger partial charge in [0.25, 0.3) is 0 Å². The Hall–Kier alpha value is -2.58. The zero-order valence-electron chi connectivity index (χ0n) is 11.7. The second kappa shape index (κ2) is 4.72. The Balaban J connectivity index is 0.00000125. The van der Waals surface area contributed by atoms with Gasteiger partial charge in [0.2, 0.25) is 5.52 Å². The van der Waals surface area contributed by atoms with E-state index in [1.165, 1.54) is 27.1 Å². The molecule has 106 valence electrons. The number of hydrogen-bond acceptors (Lipinski definition) is 1. The van der Waals surface area contributed by atoms with E-state index < -0.39 is 0 Å². The molecule has 0 spiro atoms. The van der Waals surface area contributed by atoms with Crippen LogP contribution in [-0.2, 0) is 0 Å². The molecule has 22 heavy (non-hydrogen) atoms. The summed E-state index contributed by atoms with van der Waals surface area (Å²) in [6, 6.07) is 19.2. The van der Waals surface area contributed by atoms with Gasteiger partial charge in [-0.25, -0.2) is 0 Å². The van der Waals surface area contributed by atoms with Crippen LogP contribution in [0.3, 0.4) is 0 Å². The van der Waals surface area contributed by atoms with Crippen molar-refractivity contribution in [2.45, 2.75) is 0 Å². The highest BCUT2D eigenvalue weighted by Gasteiger charge is 2.11. The number of furan rings is 1. The van der Waals surface area contributed by atoms with Gasteiger partial charge in [-0.15, -0.1) is 0 Å². The van der Waals surface area contributed by atoms with Crippen LogP contribution in [0.1, 0.15) is 0 Å². The third-order valence-corrected chi connectivity index (χ3v) is 4.16. The molecule has 0 radical (unpaired) electrons. The molecule has 0 fully saturated rings. The van der Waals surface area contributed by atoms with E-state index in [9.17, 15) is 0 Å². The topological polar surface area (TPSA) is 17.2 Å². The molecule has 0 aliphatic heterocycles. The molecule has 5 aromatic rings. The van der Waals surface area contributed by atoms with Gasteiger partial charge < -0.3 is 16.8 Å². The van der Waals surface area contributed by atoms with E-state index in [1.807, 2.05) is 6.07 Å². The van der Waals surface area contributed by atoms with Crippen LogP contribution in [0.25, 0.3) is 38.0 Å². The number of fused-ring (bicyclic) bond motifs is 5. The standard InChI is InChI=1S/C19H12NO.ClH/c1-2-4-16-12-20-7-5-14-11-19-15(6-8-21-19)9-17(14)18(20)10-13(16)3-1;/h1-12H;1H/q+1;/p-1. The number of aromatic nitrogens is 1. The fourth-order valence-electron chi connectivity index (χ4n) is 3.09. The quantitative estimate of drug-likeness (QED) is 0.241. The number of halogens is 1. The third kappa shape index (κ3) is 1.78. The van der Waals surface area contributed by atoms with Gasteiger partial charge in [0.15, 0.2) is 12.4 Å². The van der Waals surface area contributed by atoms with Gasteiger partial charge in [-0.3, -0.25) is 0 Å². The van der Waals surface area contributed by atoms with Crippen LogP contribution in [0.5, 0.6) is 0 Å².